The first-order valence-corrected chi connectivity index (χ1v) is 9.10. The Labute approximate surface area is 141 Å². The van der Waals surface area contributed by atoms with Gasteiger partial charge in [0.2, 0.25) is 0 Å². The van der Waals surface area contributed by atoms with Crippen molar-refractivity contribution in [2.45, 2.75) is 19.2 Å². The first-order valence-electron chi connectivity index (χ1n) is 7.04. The molecule has 1 amide bonds. The van der Waals surface area contributed by atoms with Gasteiger partial charge in [-0.25, -0.2) is 18.6 Å². The van der Waals surface area contributed by atoms with Crippen LogP contribution in [0.3, 0.4) is 0 Å². The van der Waals surface area contributed by atoms with Crippen LogP contribution in [0.25, 0.3) is 0 Å². The highest BCUT2D eigenvalue weighted by Gasteiger charge is 2.36. The molecule has 1 aliphatic heterocycles. The molecule has 7 nitrogen and oxygen atoms in total. The lowest BCUT2D eigenvalue weighted by atomic mass is 10.0. The summed E-state index contributed by atoms with van der Waals surface area (Å²) < 4.78 is 71.8. The predicted molar refractivity (Wildman–Crippen MR) is 82.3 cm³/mol. The van der Waals surface area contributed by atoms with Crippen molar-refractivity contribution in [2.24, 2.45) is 5.10 Å². The van der Waals surface area contributed by atoms with Gasteiger partial charge in [0.15, 0.2) is 9.84 Å². The van der Waals surface area contributed by atoms with Gasteiger partial charge < -0.3 is 9.47 Å². The van der Waals surface area contributed by atoms with Gasteiger partial charge in [0, 0.05) is 11.8 Å². The molecular formula is C14H15F3N2O5S. The second kappa shape index (κ2) is 6.90. The Morgan fingerprint density at radius 2 is 2.04 bits per heavy atom. The Hall–Kier alpha value is -2.30. The van der Waals surface area contributed by atoms with Gasteiger partial charge >= 0.3 is 12.3 Å². The number of nitrogens with zero attached hydrogens (tertiary/aromatic N) is 1. The van der Waals surface area contributed by atoms with E-state index in [2.05, 4.69) is 5.10 Å². The maximum atomic E-state index is 13.3. The molecule has 0 spiro atoms. The molecule has 1 aliphatic rings. The average molecular weight is 380 g/mol. The molecule has 0 saturated carbocycles. The van der Waals surface area contributed by atoms with Gasteiger partial charge in [-0.3, -0.25) is 0 Å². The minimum absolute atomic E-state index is 0.0929. The second-order valence-electron chi connectivity index (χ2n) is 5.34. The predicted octanol–water partition coefficient (Wildman–Crippen LogP) is 1.96. The van der Waals surface area contributed by atoms with Crippen molar-refractivity contribution in [1.29, 1.82) is 0 Å². The number of cyclic esters (lactones) is 1. The number of hydrogen-bond acceptors (Lipinski definition) is 6. The number of hydrogen-bond donors (Lipinski definition) is 1. The van der Waals surface area contributed by atoms with E-state index in [4.69, 9.17) is 9.47 Å². The highest BCUT2D eigenvalue weighted by Crippen LogP contribution is 2.37. The molecule has 1 atom stereocenters. The third-order valence-electron chi connectivity index (χ3n) is 3.23. The number of nitrogens with one attached hydrogen (secondary N) is 1. The fourth-order valence-electron chi connectivity index (χ4n) is 2.08. The fraction of sp³-hybridized carbons (Fsp3) is 0.429. The molecule has 0 fully saturated rings. The summed E-state index contributed by atoms with van der Waals surface area (Å²) in [6.07, 6.45) is -5.39. The monoisotopic (exact) mass is 380 g/mol. The Morgan fingerprint density at radius 1 is 1.36 bits per heavy atom. The van der Waals surface area contributed by atoms with Gasteiger partial charge in [-0.15, -0.1) is 0 Å². The molecule has 0 aliphatic carbocycles. The van der Waals surface area contributed by atoms with Gasteiger partial charge in [-0.05, 0) is 25.1 Å². The van der Waals surface area contributed by atoms with Crippen LogP contribution in [0.5, 0.6) is 5.75 Å². The number of sulfone groups is 1. The third kappa shape index (κ3) is 5.08. The maximum absolute atomic E-state index is 13.3. The summed E-state index contributed by atoms with van der Waals surface area (Å²) in [6, 6.07) is 3.21. The molecule has 0 aromatic heterocycles. The van der Waals surface area contributed by atoms with Crippen LogP contribution >= 0.6 is 0 Å². The zero-order valence-corrected chi connectivity index (χ0v) is 14.1. The van der Waals surface area contributed by atoms with Crippen molar-refractivity contribution in [3.05, 3.63) is 29.3 Å². The second-order valence-corrected chi connectivity index (χ2v) is 7.60. The topological polar surface area (TPSA) is 94.1 Å². The summed E-state index contributed by atoms with van der Waals surface area (Å²) in [5.74, 6) is -0.899. The minimum Gasteiger partial charge on any atom is -0.492 e. The van der Waals surface area contributed by atoms with Crippen molar-refractivity contribution in [2.75, 3.05) is 18.6 Å². The minimum atomic E-state index is -4.72. The van der Waals surface area contributed by atoms with E-state index < -0.39 is 51.9 Å². The Kier molecular flexibility index (Phi) is 5.26. The van der Waals surface area contributed by atoms with Crippen molar-refractivity contribution >= 4 is 21.6 Å². The molecule has 1 aromatic rings. The van der Waals surface area contributed by atoms with E-state index in [1.807, 2.05) is 5.43 Å². The largest absolute Gasteiger partial charge is 0.492 e. The quantitative estimate of drug-likeness (QED) is 0.843. The molecule has 0 unspecified atom stereocenters. The lowest BCUT2D eigenvalue weighted by Gasteiger charge is -2.21. The van der Waals surface area contributed by atoms with Crippen LogP contribution < -0.4 is 10.2 Å². The molecule has 0 saturated heterocycles. The zero-order valence-electron chi connectivity index (χ0n) is 13.3. The van der Waals surface area contributed by atoms with E-state index in [0.29, 0.717) is 0 Å². The van der Waals surface area contributed by atoms with E-state index in [1.165, 1.54) is 13.0 Å². The van der Waals surface area contributed by atoms with E-state index in [1.54, 1.807) is 0 Å². The van der Waals surface area contributed by atoms with Crippen LogP contribution in [0.4, 0.5) is 18.0 Å². The number of ether oxygens (including phenoxy) is 2. The zero-order chi connectivity index (χ0) is 18.8. The SMILES string of the molecule is C[C@@H]1OC(=O)NN=C1c1ccc(OCCS(C)(=O)=O)c(C(F)(F)F)c1. The van der Waals surface area contributed by atoms with Crippen molar-refractivity contribution < 1.29 is 35.9 Å². The average Bonchev–Trinajstić information content (AvgIpc) is 2.45. The Morgan fingerprint density at radius 3 is 2.60 bits per heavy atom. The van der Waals surface area contributed by atoms with E-state index in [9.17, 15) is 26.4 Å². The summed E-state index contributed by atoms with van der Waals surface area (Å²) in [6.45, 7) is 1.07. The number of rotatable bonds is 5. The molecular weight excluding hydrogens is 365 g/mol. The van der Waals surface area contributed by atoms with Gasteiger partial charge in [0.05, 0.1) is 11.3 Å². The van der Waals surface area contributed by atoms with Crippen LogP contribution in [0.15, 0.2) is 23.3 Å². The first-order chi connectivity index (χ1) is 11.5. The number of halogens is 3. The molecule has 1 heterocycles. The number of hydrazone groups is 1. The summed E-state index contributed by atoms with van der Waals surface area (Å²) >= 11 is 0. The van der Waals surface area contributed by atoms with Crippen molar-refractivity contribution in [3.8, 4) is 5.75 Å². The number of carbonyl (C=O) groups is 1. The molecule has 11 heteroatoms. The molecule has 1 N–H and O–H groups in total. The highest BCUT2D eigenvalue weighted by atomic mass is 32.2. The van der Waals surface area contributed by atoms with E-state index in [-0.39, 0.29) is 11.3 Å². The normalized spacial score (nSPS) is 18.2. The van der Waals surface area contributed by atoms with Crippen LogP contribution in [0, 0.1) is 0 Å². The maximum Gasteiger partial charge on any atom is 0.428 e. The van der Waals surface area contributed by atoms with Crippen molar-refractivity contribution in [1.82, 2.24) is 5.43 Å². The molecule has 0 bridgehead atoms. The van der Waals surface area contributed by atoms with E-state index >= 15 is 0 Å². The third-order valence-corrected chi connectivity index (χ3v) is 4.14. The smallest absolute Gasteiger partial charge is 0.428 e. The van der Waals surface area contributed by atoms with Crippen molar-refractivity contribution in [3.63, 3.8) is 0 Å². The van der Waals surface area contributed by atoms with Gasteiger partial charge in [-0.2, -0.15) is 18.3 Å². The molecule has 1 aromatic carbocycles. The van der Waals surface area contributed by atoms with Gasteiger partial charge in [-0.1, -0.05) is 0 Å². The Balaban J connectivity index is 2.33. The number of amides is 1. The first kappa shape index (κ1) is 19.0. The highest BCUT2D eigenvalue weighted by molar-refractivity contribution is 7.90. The Bertz CT molecular complexity index is 805. The summed E-state index contributed by atoms with van der Waals surface area (Å²) in [5.41, 5.74) is 1.17. The summed E-state index contributed by atoms with van der Waals surface area (Å²) in [4.78, 5) is 11.0. The lowest BCUT2D eigenvalue weighted by molar-refractivity contribution is -0.138. The molecule has 2 rings (SSSR count). The van der Waals surface area contributed by atoms with Gasteiger partial charge in [0.25, 0.3) is 0 Å². The van der Waals surface area contributed by atoms with Gasteiger partial charge in [0.1, 0.15) is 24.2 Å². The molecule has 138 valence electrons. The molecule has 25 heavy (non-hydrogen) atoms. The molecule has 0 radical (unpaired) electrons. The standard InChI is InChI=1S/C14H15F3N2O5S/c1-8-12(18-19-13(20)24-8)9-3-4-11(10(7-9)14(15,16)17)23-5-6-25(2,21)22/h3-4,7-8H,5-6H2,1-2H3,(H,19,20)/t8-/m0/s1. The van der Waals surface area contributed by atoms with Crippen LogP contribution in [-0.4, -0.2) is 44.9 Å². The lowest BCUT2D eigenvalue weighted by Crippen LogP contribution is -2.37. The number of carbonyl (C=O) groups excluding carboxylic acids is 1. The van der Waals surface area contributed by atoms with E-state index in [0.717, 1.165) is 18.4 Å². The van der Waals surface area contributed by atoms with Crippen LogP contribution in [0.1, 0.15) is 18.1 Å². The summed E-state index contributed by atoms with van der Waals surface area (Å²) in [7, 11) is -3.36. The number of benzene rings is 1. The van der Waals surface area contributed by atoms with Crippen LogP contribution in [-0.2, 0) is 20.8 Å². The van der Waals surface area contributed by atoms with Crippen LogP contribution in [0.2, 0.25) is 0 Å². The summed E-state index contributed by atoms with van der Waals surface area (Å²) in [5, 5.41) is 3.71. The number of alkyl halides is 3. The fourth-order valence-corrected chi connectivity index (χ4v) is 2.46.